The number of methoxy groups -OCH3 is 2. The Bertz CT molecular complexity index is 1200. The molecule has 174 valence electrons. The number of carbonyl (C=O) groups is 2. The summed E-state index contributed by atoms with van der Waals surface area (Å²) < 4.78 is 10.7. The zero-order chi connectivity index (χ0) is 23.9. The van der Waals surface area contributed by atoms with Crippen LogP contribution in [0.3, 0.4) is 0 Å². The second-order valence-corrected chi connectivity index (χ2v) is 8.21. The smallest absolute Gasteiger partial charge is 0.302 e. The average Bonchev–Trinajstić information content (AvgIpc) is 2.89. The Balaban J connectivity index is 1.39. The highest BCUT2D eigenvalue weighted by Crippen LogP contribution is 2.29. The van der Waals surface area contributed by atoms with Gasteiger partial charge in [-0.2, -0.15) is 5.10 Å². The molecule has 0 radical (unpaired) electrons. The molecule has 1 aromatic heterocycles. The molecular formula is C24H23N5O4S. The molecule has 0 unspecified atom stereocenters. The molecule has 9 nitrogen and oxygen atoms in total. The number of nitrogens with one attached hydrogen (secondary N) is 1. The Morgan fingerprint density at radius 3 is 2.59 bits per heavy atom. The Kier molecular flexibility index (Phi) is 7.38. The quantitative estimate of drug-likeness (QED) is 0.525. The first kappa shape index (κ1) is 23.2. The summed E-state index contributed by atoms with van der Waals surface area (Å²) in [5.74, 6) is 1.42. The van der Waals surface area contributed by atoms with Crippen molar-refractivity contribution >= 4 is 34.3 Å². The van der Waals surface area contributed by atoms with Gasteiger partial charge in [0.25, 0.3) is 5.91 Å². The Morgan fingerprint density at radius 2 is 1.88 bits per heavy atom. The molecule has 34 heavy (non-hydrogen) atoms. The number of benzene rings is 2. The van der Waals surface area contributed by atoms with Crippen molar-refractivity contribution < 1.29 is 19.1 Å². The van der Waals surface area contributed by atoms with E-state index in [1.54, 1.807) is 14.2 Å². The van der Waals surface area contributed by atoms with E-state index < -0.39 is 0 Å². The summed E-state index contributed by atoms with van der Waals surface area (Å²) in [6.07, 6.45) is 5.01. The Labute approximate surface area is 201 Å². The average molecular weight is 478 g/mol. The number of nitrogens with zero attached hydrogens (tertiary/aromatic N) is 4. The number of thioether (sulfide) groups is 1. The summed E-state index contributed by atoms with van der Waals surface area (Å²) in [7, 11) is 3.17. The van der Waals surface area contributed by atoms with E-state index in [9.17, 15) is 9.59 Å². The second-order valence-electron chi connectivity index (χ2n) is 7.29. The van der Waals surface area contributed by atoms with Crippen LogP contribution in [0.5, 0.6) is 11.5 Å². The summed E-state index contributed by atoms with van der Waals surface area (Å²) >= 11 is 1.22. The standard InChI is InChI=1S/C24H23N5O4S/c1-32-21-8-5-17(13-22(21)33-2)20-15-34-24(31)29(28-20)12-9-16-3-6-18(7-4-16)27-23(30)19-14-25-10-11-26-19/h3-8,10-11,13-14H,9,12,15H2,1-2H3,(H,27,30). The van der Waals surface area contributed by atoms with Crippen molar-refractivity contribution in [3.8, 4) is 11.5 Å². The molecule has 0 aliphatic carbocycles. The van der Waals surface area contributed by atoms with Gasteiger partial charge in [0.05, 0.1) is 26.1 Å². The molecule has 0 bridgehead atoms. The number of aromatic nitrogens is 2. The van der Waals surface area contributed by atoms with Crippen molar-refractivity contribution in [2.75, 3.05) is 31.8 Å². The van der Waals surface area contributed by atoms with E-state index in [-0.39, 0.29) is 16.8 Å². The highest BCUT2D eigenvalue weighted by Gasteiger charge is 2.22. The van der Waals surface area contributed by atoms with E-state index in [1.165, 1.54) is 35.4 Å². The van der Waals surface area contributed by atoms with Gasteiger partial charge in [0.1, 0.15) is 5.69 Å². The molecule has 0 spiro atoms. The normalized spacial score (nSPS) is 13.3. The molecule has 0 saturated heterocycles. The van der Waals surface area contributed by atoms with Gasteiger partial charge in [-0.15, -0.1) is 0 Å². The van der Waals surface area contributed by atoms with Crippen LogP contribution in [-0.4, -0.2) is 58.4 Å². The number of hydrogen-bond acceptors (Lipinski definition) is 8. The fraction of sp³-hybridized carbons (Fsp3) is 0.208. The predicted octanol–water partition coefficient (Wildman–Crippen LogP) is 3.86. The third kappa shape index (κ3) is 5.52. The van der Waals surface area contributed by atoms with Gasteiger partial charge in [-0.1, -0.05) is 23.9 Å². The SMILES string of the molecule is COc1ccc(C2=NN(CCc3ccc(NC(=O)c4cnccn4)cc3)C(=O)SC2)cc1OC. The molecule has 2 amide bonds. The molecule has 1 N–H and O–H groups in total. The second kappa shape index (κ2) is 10.8. The van der Waals surface area contributed by atoms with Crippen LogP contribution in [0, 0.1) is 0 Å². The maximum absolute atomic E-state index is 12.4. The zero-order valence-electron chi connectivity index (χ0n) is 18.7. The third-order valence-electron chi connectivity index (χ3n) is 5.12. The minimum atomic E-state index is -0.325. The fourth-order valence-corrected chi connectivity index (χ4v) is 4.09. The lowest BCUT2D eigenvalue weighted by molar-refractivity contribution is 0.102. The Hall–Kier alpha value is -3.92. The first-order chi connectivity index (χ1) is 16.6. The summed E-state index contributed by atoms with van der Waals surface area (Å²) in [5.41, 5.74) is 3.59. The summed E-state index contributed by atoms with van der Waals surface area (Å²) in [6, 6.07) is 13.0. The Morgan fingerprint density at radius 1 is 1.09 bits per heavy atom. The lowest BCUT2D eigenvalue weighted by Crippen LogP contribution is -2.31. The van der Waals surface area contributed by atoms with Gasteiger partial charge < -0.3 is 14.8 Å². The minimum absolute atomic E-state index is 0.0860. The van der Waals surface area contributed by atoms with Gasteiger partial charge in [-0.3, -0.25) is 14.6 Å². The van der Waals surface area contributed by atoms with Crippen LogP contribution in [0.1, 0.15) is 21.6 Å². The van der Waals surface area contributed by atoms with Crippen LogP contribution in [-0.2, 0) is 6.42 Å². The van der Waals surface area contributed by atoms with Crippen molar-refractivity contribution in [1.29, 1.82) is 0 Å². The molecule has 2 heterocycles. The number of amides is 2. The van der Waals surface area contributed by atoms with Crippen LogP contribution in [0.15, 0.2) is 66.2 Å². The largest absolute Gasteiger partial charge is 0.493 e. The number of rotatable bonds is 8. The molecule has 10 heteroatoms. The van der Waals surface area contributed by atoms with Crippen LogP contribution in [0.2, 0.25) is 0 Å². The van der Waals surface area contributed by atoms with Crippen molar-refractivity contribution in [2.24, 2.45) is 5.10 Å². The van der Waals surface area contributed by atoms with Crippen LogP contribution in [0.4, 0.5) is 10.5 Å². The van der Waals surface area contributed by atoms with Crippen LogP contribution in [0.25, 0.3) is 0 Å². The molecule has 2 aromatic carbocycles. The van der Waals surface area contributed by atoms with Crippen molar-refractivity contribution in [3.63, 3.8) is 0 Å². The molecular weight excluding hydrogens is 454 g/mol. The number of anilines is 1. The van der Waals surface area contributed by atoms with Gasteiger partial charge in [0.15, 0.2) is 11.5 Å². The van der Waals surface area contributed by atoms with E-state index in [2.05, 4.69) is 20.4 Å². The first-order valence-electron chi connectivity index (χ1n) is 10.5. The summed E-state index contributed by atoms with van der Waals surface area (Å²) in [4.78, 5) is 32.5. The van der Waals surface area contributed by atoms with Crippen LogP contribution >= 0.6 is 11.8 Å². The topological polar surface area (TPSA) is 106 Å². The zero-order valence-corrected chi connectivity index (χ0v) is 19.5. The molecule has 3 aromatic rings. The summed E-state index contributed by atoms with van der Waals surface area (Å²) in [6.45, 7) is 0.438. The van der Waals surface area contributed by atoms with Crippen LogP contribution < -0.4 is 14.8 Å². The monoisotopic (exact) mass is 477 g/mol. The maximum Gasteiger partial charge on any atom is 0.302 e. The lowest BCUT2D eigenvalue weighted by Gasteiger charge is -2.23. The van der Waals surface area contributed by atoms with Crippen molar-refractivity contribution in [3.05, 3.63) is 77.9 Å². The molecule has 0 atom stereocenters. The maximum atomic E-state index is 12.4. The molecule has 0 saturated carbocycles. The lowest BCUT2D eigenvalue weighted by atomic mass is 10.1. The van der Waals surface area contributed by atoms with E-state index >= 15 is 0 Å². The summed E-state index contributed by atoms with van der Waals surface area (Å²) in [5, 5.41) is 8.78. The van der Waals surface area contributed by atoms with Gasteiger partial charge in [-0.25, -0.2) is 9.99 Å². The van der Waals surface area contributed by atoms with Gasteiger partial charge in [0, 0.05) is 35.9 Å². The number of ether oxygens (including phenoxy) is 2. The minimum Gasteiger partial charge on any atom is -0.493 e. The van der Waals surface area contributed by atoms with Gasteiger partial charge in [-0.05, 0) is 42.3 Å². The van der Waals surface area contributed by atoms with Crippen molar-refractivity contribution in [1.82, 2.24) is 15.0 Å². The van der Waals surface area contributed by atoms with E-state index in [0.29, 0.717) is 35.9 Å². The highest BCUT2D eigenvalue weighted by atomic mass is 32.2. The van der Waals surface area contributed by atoms with E-state index in [4.69, 9.17) is 9.47 Å². The number of hydrogen-bond donors (Lipinski definition) is 1. The third-order valence-corrected chi connectivity index (χ3v) is 6.00. The fourth-order valence-electron chi connectivity index (χ4n) is 3.32. The molecule has 1 aliphatic heterocycles. The first-order valence-corrected chi connectivity index (χ1v) is 11.5. The number of carbonyl (C=O) groups excluding carboxylic acids is 2. The molecule has 1 aliphatic rings. The number of hydrazone groups is 1. The van der Waals surface area contributed by atoms with E-state index in [0.717, 1.165) is 16.8 Å². The molecule has 4 rings (SSSR count). The molecule has 0 fully saturated rings. The predicted molar refractivity (Wildman–Crippen MR) is 131 cm³/mol. The van der Waals surface area contributed by atoms with Gasteiger partial charge in [0.2, 0.25) is 0 Å². The van der Waals surface area contributed by atoms with E-state index in [1.807, 2.05) is 42.5 Å². The van der Waals surface area contributed by atoms with Gasteiger partial charge >= 0.3 is 5.24 Å². The highest BCUT2D eigenvalue weighted by molar-refractivity contribution is 8.14. The van der Waals surface area contributed by atoms with Crippen molar-refractivity contribution in [2.45, 2.75) is 6.42 Å².